The van der Waals surface area contributed by atoms with E-state index in [1.165, 1.54) is 0 Å². The largest absolute Gasteiger partial charge is 0.355 e. The molecule has 0 fully saturated rings. The smallest absolute Gasteiger partial charge is 0.246 e. The molecule has 0 aromatic rings. The first-order chi connectivity index (χ1) is 5.40. The highest BCUT2D eigenvalue weighted by molar-refractivity contribution is 5.93. The maximum Gasteiger partial charge on any atom is 0.246 e. The predicted molar refractivity (Wildman–Crippen MR) is 51.9 cm³/mol. The molecule has 0 aliphatic heterocycles. The molecule has 0 unspecified atom stereocenters. The minimum absolute atomic E-state index is 0.0347. The van der Waals surface area contributed by atoms with Crippen LogP contribution in [0.3, 0.4) is 0 Å². The zero-order valence-corrected chi connectivity index (χ0v) is 8.69. The van der Waals surface area contributed by atoms with Crippen molar-refractivity contribution in [3.8, 4) is 0 Å². The molecule has 0 spiro atoms. The minimum atomic E-state index is 0.0347. The summed E-state index contributed by atoms with van der Waals surface area (Å²) in [5.41, 5.74) is 0.947. The SMILES string of the molecule is CC/C(=C\C(C)(C)C)C(=O)NC. The van der Waals surface area contributed by atoms with Gasteiger partial charge < -0.3 is 5.32 Å². The number of rotatable bonds is 2. The van der Waals surface area contributed by atoms with Crippen LogP contribution in [0.25, 0.3) is 0 Å². The molecule has 0 bridgehead atoms. The molecule has 0 heterocycles. The summed E-state index contributed by atoms with van der Waals surface area (Å²) in [6.45, 7) is 8.26. The van der Waals surface area contributed by atoms with Crippen LogP contribution in [-0.4, -0.2) is 13.0 Å². The first-order valence-corrected chi connectivity index (χ1v) is 4.34. The van der Waals surface area contributed by atoms with Gasteiger partial charge in [-0.25, -0.2) is 0 Å². The third kappa shape index (κ3) is 4.16. The van der Waals surface area contributed by atoms with Gasteiger partial charge in [-0.15, -0.1) is 0 Å². The van der Waals surface area contributed by atoms with E-state index in [0.717, 1.165) is 12.0 Å². The highest BCUT2D eigenvalue weighted by atomic mass is 16.1. The van der Waals surface area contributed by atoms with Crippen molar-refractivity contribution >= 4 is 5.91 Å². The van der Waals surface area contributed by atoms with E-state index in [4.69, 9.17) is 0 Å². The molecule has 12 heavy (non-hydrogen) atoms. The third-order valence-electron chi connectivity index (χ3n) is 1.51. The maximum atomic E-state index is 11.2. The van der Waals surface area contributed by atoms with Gasteiger partial charge in [-0.2, -0.15) is 0 Å². The molecule has 0 atom stereocenters. The number of carbonyl (C=O) groups is 1. The highest BCUT2D eigenvalue weighted by Crippen LogP contribution is 2.18. The molecule has 1 N–H and O–H groups in total. The Morgan fingerprint density at radius 3 is 2.17 bits per heavy atom. The zero-order valence-electron chi connectivity index (χ0n) is 8.69. The molecule has 70 valence electrons. The number of hydrogen-bond acceptors (Lipinski definition) is 1. The number of likely N-dealkylation sites (N-methyl/N-ethyl adjacent to an activating group) is 1. The normalized spacial score (nSPS) is 12.9. The molecule has 1 amide bonds. The second-order valence-corrected chi connectivity index (χ2v) is 3.97. The topological polar surface area (TPSA) is 29.1 Å². The monoisotopic (exact) mass is 169 g/mol. The molecule has 0 rings (SSSR count). The Morgan fingerprint density at radius 2 is 1.92 bits per heavy atom. The Labute approximate surface area is 75.0 Å². The van der Waals surface area contributed by atoms with Gasteiger partial charge >= 0.3 is 0 Å². The summed E-state index contributed by atoms with van der Waals surface area (Å²) in [6.07, 6.45) is 2.81. The van der Waals surface area contributed by atoms with Crippen molar-refractivity contribution in [2.45, 2.75) is 34.1 Å². The number of nitrogens with one attached hydrogen (secondary N) is 1. The quantitative estimate of drug-likeness (QED) is 0.630. The van der Waals surface area contributed by atoms with E-state index in [-0.39, 0.29) is 11.3 Å². The van der Waals surface area contributed by atoms with Crippen LogP contribution in [0, 0.1) is 5.41 Å². The van der Waals surface area contributed by atoms with Gasteiger partial charge in [0, 0.05) is 12.6 Å². The van der Waals surface area contributed by atoms with Gasteiger partial charge in [0.25, 0.3) is 0 Å². The fourth-order valence-corrected chi connectivity index (χ4v) is 1.01. The average molecular weight is 169 g/mol. The van der Waals surface area contributed by atoms with Gasteiger partial charge in [-0.1, -0.05) is 33.8 Å². The van der Waals surface area contributed by atoms with E-state index in [1.807, 2.05) is 13.0 Å². The van der Waals surface area contributed by atoms with Gasteiger partial charge in [0.05, 0.1) is 0 Å². The number of hydrogen-bond donors (Lipinski definition) is 1. The molecule has 0 aliphatic carbocycles. The molecular weight excluding hydrogens is 150 g/mol. The Kier molecular flexibility index (Phi) is 4.01. The van der Waals surface area contributed by atoms with Crippen LogP contribution in [-0.2, 0) is 4.79 Å². The fraction of sp³-hybridized carbons (Fsp3) is 0.700. The van der Waals surface area contributed by atoms with Crippen LogP contribution >= 0.6 is 0 Å². The zero-order chi connectivity index (χ0) is 9.78. The molecule has 0 aromatic carbocycles. The van der Waals surface area contributed by atoms with Crippen LogP contribution in [0.15, 0.2) is 11.6 Å². The van der Waals surface area contributed by atoms with E-state index in [1.54, 1.807) is 7.05 Å². The van der Waals surface area contributed by atoms with Crippen LogP contribution in [0.4, 0.5) is 0 Å². The Balaban J connectivity index is 4.55. The molecule has 0 saturated heterocycles. The molecule has 0 aromatic heterocycles. The predicted octanol–water partition coefficient (Wildman–Crippen LogP) is 2.11. The highest BCUT2D eigenvalue weighted by Gasteiger charge is 2.11. The molecular formula is C10H19NO. The van der Waals surface area contributed by atoms with Crippen molar-refractivity contribution in [3.63, 3.8) is 0 Å². The van der Waals surface area contributed by atoms with Crippen LogP contribution in [0.5, 0.6) is 0 Å². The second-order valence-electron chi connectivity index (χ2n) is 3.97. The summed E-state index contributed by atoms with van der Waals surface area (Å²) >= 11 is 0. The first kappa shape index (κ1) is 11.2. The van der Waals surface area contributed by atoms with Crippen molar-refractivity contribution in [2.75, 3.05) is 7.05 Å². The molecule has 2 heteroatoms. The van der Waals surface area contributed by atoms with Crippen molar-refractivity contribution < 1.29 is 4.79 Å². The standard InChI is InChI=1S/C10H19NO/c1-6-8(9(12)11-5)7-10(2,3)4/h7H,6H2,1-5H3,(H,11,12)/b8-7+. The lowest BCUT2D eigenvalue weighted by molar-refractivity contribution is -0.117. The van der Waals surface area contributed by atoms with Crippen molar-refractivity contribution in [2.24, 2.45) is 5.41 Å². The Bertz CT molecular complexity index is 187. The lowest BCUT2D eigenvalue weighted by Crippen LogP contribution is -2.21. The lowest BCUT2D eigenvalue weighted by atomic mass is 9.92. The van der Waals surface area contributed by atoms with E-state index in [2.05, 4.69) is 26.1 Å². The maximum absolute atomic E-state index is 11.2. The molecule has 2 nitrogen and oxygen atoms in total. The average Bonchev–Trinajstić information content (AvgIpc) is 1.97. The fourth-order valence-electron chi connectivity index (χ4n) is 1.01. The van der Waals surface area contributed by atoms with Crippen molar-refractivity contribution in [1.29, 1.82) is 0 Å². The van der Waals surface area contributed by atoms with Gasteiger partial charge in [-0.3, -0.25) is 4.79 Å². The van der Waals surface area contributed by atoms with Gasteiger partial charge in [0.2, 0.25) is 5.91 Å². The summed E-state index contributed by atoms with van der Waals surface area (Å²) in [4.78, 5) is 11.2. The van der Waals surface area contributed by atoms with Crippen LogP contribution in [0.1, 0.15) is 34.1 Å². The summed E-state index contributed by atoms with van der Waals surface area (Å²) in [6, 6.07) is 0. The summed E-state index contributed by atoms with van der Waals surface area (Å²) < 4.78 is 0. The number of carbonyl (C=O) groups excluding carboxylic acids is 1. The minimum Gasteiger partial charge on any atom is -0.355 e. The second kappa shape index (κ2) is 4.29. The number of amides is 1. The summed E-state index contributed by atoms with van der Waals surface area (Å²) in [7, 11) is 1.66. The summed E-state index contributed by atoms with van der Waals surface area (Å²) in [5, 5.41) is 2.63. The lowest BCUT2D eigenvalue weighted by Gasteiger charge is -2.14. The third-order valence-corrected chi connectivity index (χ3v) is 1.51. The van der Waals surface area contributed by atoms with E-state index in [0.29, 0.717) is 0 Å². The number of allylic oxidation sites excluding steroid dienone is 1. The molecule has 0 radical (unpaired) electrons. The van der Waals surface area contributed by atoms with Crippen LogP contribution in [0.2, 0.25) is 0 Å². The van der Waals surface area contributed by atoms with Crippen LogP contribution < -0.4 is 5.32 Å². The Hall–Kier alpha value is -0.790. The van der Waals surface area contributed by atoms with Gasteiger partial charge in [0.1, 0.15) is 0 Å². The van der Waals surface area contributed by atoms with E-state index in [9.17, 15) is 4.79 Å². The first-order valence-electron chi connectivity index (χ1n) is 4.34. The molecule has 0 aliphatic rings. The Morgan fingerprint density at radius 1 is 1.42 bits per heavy atom. The van der Waals surface area contributed by atoms with E-state index < -0.39 is 0 Å². The van der Waals surface area contributed by atoms with Crippen molar-refractivity contribution in [1.82, 2.24) is 5.32 Å². The summed E-state index contributed by atoms with van der Waals surface area (Å²) in [5.74, 6) is 0.0347. The van der Waals surface area contributed by atoms with E-state index >= 15 is 0 Å². The molecule has 0 saturated carbocycles. The van der Waals surface area contributed by atoms with Crippen molar-refractivity contribution in [3.05, 3.63) is 11.6 Å². The van der Waals surface area contributed by atoms with Gasteiger partial charge in [-0.05, 0) is 11.8 Å². The van der Waals surface area contributed by atoms with Gasteiger partial charge in [0.15, 0.2) is 0 Å².